The van der Waals surface area contributed by atoms with Crippen LogP contribution in [0.4, 0.5) is 14.5 Å². The highest BCUT2D eigenvalue weighted by Crippen LogP contribution is 2.25. The van der Waals surface area contributed by atoms with Gasteiger partial charge in [-0.05, 0) is 36.4 Å². The van der Waals surface area contributed by atoms with Crippen molar-refractivity contribution in [2.24, 2.45) is 0 Å². The van der Waals surface area contributed by atoms with Gasteiger partial charge in [-0.3, -0.25) is 4.79 Å². The average Bonchev–Trinajstić information content (AvgIpc) is 2.61. The van der Waals surface area contributed by atoms with Crippen LogP contribution in [0.3, 0.4) is 0 Å². The maximum Gasteiger partial charge on any atom is 0.387 e. The van der Waals surface area contributed by atoms with Crippen LogP contribution < -0.4 is 14.8 Å². The largest absolute Gasteiger partial charge is 0.484 e. The zero-order chi connectivity index (χ0) is 18.2. The maximum atomic E-state index is 12.3. The van der Waals surface area contributed by atoms with Crippen molar-refractivity contribution in [1.29, 1.82) is 0 Å². The van der Waals surface area contributed by atoms with Gasteiger partial charge in [-0.25, -0.2) is 4.79 Å². The first-order chi connectivity index (χ1) is 12.0. The van der Waals surface area contributed by atoms with Gasteiger partial charge in [-0.1, -0.05) is 12.1 Å². The van der Waals surface area contributed by atoms with Gasteiger partial charge < -0.3 is 19.5 Å². The van der Waals surface area contributed by atoms with E-state index in [1.165, 1.54) is 49.6 Å². The Kier molecular flexibility index (Phi) is 6.27. The van der Waals surface area contributed by atoms with E-state index in [2.05, 4.69) is 14.8 Å². The molecule has 0 saturated carbocycles. The molecule has 0 fully saturated rings. The maximum absolute atomic E-state index is 12.3. The van der Waals surface area contributed by atoms with Crippen molar-refractivity contribution < 1.29 is 32.6 Å². The molecule has 1 amide bonds. The lowest BCUT2D eigenvalue weighted by molar-refractivity contribution is -0.118. The third-order valence-corrected chi connectivity index (χ3v) is 3.02. The van der Waals surface area contributed by atoms with Crippen molar-refractivity contribution in [3.8, 4) is 11.5 Å². The molecule has 0 bridgehead atoms. The molecule has 0 aliphatic heterocycles. The second kappa shape index (κ2) is 8.62. The number of hydrogen-bond acceptors (Lipinski definition) is 5. The van der Waals surface area contributed by atoms with E-state index in [1.54, 1.807) is 6.07 Å². The number of methoxy groups -OCH3 is 1. The topological polar surface area (TPSA) is 73.9 Å². The van der Waals surface area contributed by atoms with E-state index in [0.717, 1.165) is 0 Å². The molecule has 0 aromatic heterocycles. The summed E-state index contributed by atoms with van der Waals surface area (Å²) in [6.07, 6.45) is 0. The highest BCUT2D eigenvalue weighted by atomic mass is 19.3. The Bertz CT molecular complexity index is 734. The van der Waals surface area contributed by atoms with Crippen molar-refractivity contribution in [2.75, 3.05) is 19.0 Å². The van der Waals surface area contributed by atoms with Crippen LogP contribution >= 0.6 is 0 Å². The summed E-state index contributed by atoms with van der Waals surface area (Å²) in [6, 6.07) is 11.8. The highest BCUT2D eigenvalue weighted by Gasteiger charge is 2.12. The third kappa shape index (κ3) is 5.45. The molecule has 1 N–H and O–H groups in total. The average molecular weight is 351 g/mol. The van der Waals surface area contributed by atoms with Crippen LogP contribution in [0.15, 0.2) is 48.5 Å². The summed E-state index contributed by atoms with van der Waals surface area (Å²) < 4.78 is 38.8. The van der Waals surface area contributed by atoms with Crippen molar-refractivity contribution >= 4 is 17.6 Å². The van der Waals surface area contributed by atoms with E-state index in [1.807, 2.05) is 0 Å². The van der Waals surface area contributed by atoms with Crippen LogP contribution in [0.5, 0.6) is 11.5 Å². The summed E-state index contributed by atoms with van der Waals surface area (Å²) in [6.45, 7) is -3.34. The number of hydrogen-bond donors (Lipinski definition) is 1. The van der Waals surface area contributed by atoms with Gasteiger partial charge in [0.2, 0.25) is 0 Å². The lowest BCUT2D eigenvalue weighted by Gasteiger charge is -2.12. The number of nitrogens with one attached hydrogen (secondary N) is 1. The number of rotatable bonds is 7. The molecule has 25 heavy (non-hydrogen) atoms. The second-order valence-electron chi connectivity index (χ2n) is 4.73. The third-order valence-electron chi connectivity index (χ3n) is 3.02. The van der Waals surface area contributed by atoms with Gasteiger partial charge in [0.25, 0.3) is 5.91 Å². The summed E-state index contributed by atoms with van der Waals surface area (Å²) >= 11 is 0. The molecule has 0 aliphatic carbocycles. The van der Waals surface area contributed by atoms with Gasteiger partial charge in [0.1, 0.15) is 11.5 Å². The standard InChI is InChI=1S/C17H15F2NO5/c1-23-16(22)11-6-8-12(9-7-11)24-10-15(21)20-13-4-2-3-5-14(13)25-17(18)19/h2-9,17H,10H2,1H3,(H,20,21). The van der Waals surface area contributed by atoms with Crippen molar-refractivity contribution in [1.82, 2.24) is 0 Å². The first kappa shape index (κ1) is 18.2. The van der Waals surface area contributed by atoms with E-state index in [-0.39, 0.29) is 18.0 Å². The van der Waals surface area contributed by atoms with Crippen LogP contribution in [-0.4, -0.2) is 32.2 Å². The molecule has 132 valence electrons. The molecule has 0 heterocycles. The van der Waals surface area contributed by atoms with E-state index < -0.39 is 18.5 Å². The van der Waals surface area contributed by atoms with Gasteiger partial charge in [-0.15, -0.1) is 0 Å². The molecule has 0 aliphatic rings. The van der Waals surface area contributed by atoms with Crippen LogP contribution in [0.1, 0.15) is 10.4 Å². The first-order valence-electron chi connectivity index (χ1n) is 7.14. The molecule has 2 aromatic rings. The van der Waals surface area contributed by atoms with Crippen molar-refractivity contribution in [3.05, 3.63) is 54.1 Å². The van der Waals surface area contributed by atoms with Crippen LogP contribution in [0, 0.1) is 0 Å². The minimum atomic E-state index is -3.00. The molecule has 0 radical (unpaired) electrons. The quantitative estimate of drug-likeness (QED) is 0.776. The molecular weight excluding hydrogens is 336 g/mol. The minimum absolute atomic E-state index is 0.109. The zero-order valence-corrected chi connectivity index (χ0v) is 13.2. The molecule has 2 rings (SSSR count). The molecular formula is C17H15F2NO5. The molecule has 8 heteroatoms. The van der Waals surface area contributed by atoms with Crippen molar-refractivity contribution in [3.63, 3.8) is 0 Å². The van der Waals surface area contributed by atoms with E-state index in [4.69, 9.17) is 4.74 Å². The Balaban J connectivity index is 1.92. The van der Waals surface area contributed by atoms with Gasteiger partial charge in [0.05, 0.1) is 18.4 Å². The van der Waals surface area contributed by atoms with Crippen LogP contribution in [-0.2, 0) is 9.53 Å². The van der Waals surface area contributed by atoms with E-state index >= 15 is 0 Å². The highest BCUT2D eigenvalue weighted by molar-refractivity contribution is 5.93. The molecule has 0 spiro atoms. The summed E-state index contributed by atoms with van der Waals surface area (Å²) in [4.78, 5) is 23.2. The van der Waals surface area contributed by atoms with E-state index in [9.17, 15) is 18.4 Å². The number of esters is 1. The summed E-state index contributed by atoms with van der Waals surface area (Å²) in [5.41, 5.74) is 0.454. The normalized spacial score (nSPS) is 10.2. The zero-order valence-electron chi connectivity index (χ0n) is 13.2. The molecule has 2 aromatic carbocycles. The fraction of sp³-hybridized carbons (Fsp3) is 0.176. The number of alkyl halides is 2. The lowest BCUT2D eigenvalue weighted by Crippen LogP contribution is -2.21. The second-order valence-corrected chi connectivity index (χ2v) is 4.73. The number of anilines is 1. The van der Waals surface area contributed by atoms with Crippen LogP contribution in [0.25, 0.3) is 0 Å². The molecule has 0 saturated heterocycles. The van der Waals surface area contributed by atoms with Gasteiger partial charge in [0, 0.05) is 0 Å². The Morgan fingerprint density at radius 3 is 2.40 bits per heavy atom. The van der Waals surface area contributed by atoms with Crippen LogP contribution in [0.2, 0.25) is 0 Å². The number of para-hydroxylation sites is 2. The number of halogens is 2. The van der Waals surface area contributed by atoms with Crippen molar-refractivity contribution in [2.45, 2.75) is 6.61 Å². The SMILES string of the molecule is COC(=O)c1ccc(OCC(=O)Nc2ccccc2OC(F)F)cc1. The summed E-state index contributed by atoms with van der Waals surface area (Å²) in [7, 11) is 1.27. The fourth-order valence-corrected chi connectivity index (χ4v) is 1.91. The first-order valence-corrected chi connectivity index (χ1v) is 7.14. The number of carbonyl (C=O) groups is 2. The molecule has 0 atom stereocenters. The monoisotopic (exact) mass is 351 g/mol. The number of carbonyl (C=O) groups excluding carboxylic acids is 2. The predicted molar refractivity (Wildman–Crippen MR) is 85.0 cm³/mol. The Morgan fingerprint density at radius 1 is 1.08 bits per heavy atom. The lowest BCUT2D eigenvalue weighted by atomic mass is 10.2. The molecule has 0 unspecified atom stereocenters. The summed E-state index contributed by atoms with van der Waals surface area (Å²) in [5.74, 6) is -0.824. The Labute approximate surface area is 142 Å². The Hall–Kier alpha value is -3.16. The van der Waals surface area contributed by atoms with Gasteiger partial charge >= 0.3 is 12.6 Å². The smallest absolute Gasteiger partial charge is 0.387 e. The van der Waals surface area contributed by atoms with Gasteiger partial charge in [0.15, 0.2) is 6.61 Å². The number of benzene rings is 2. The number of amides is 1. The molecule has 6 nitrogen and oxygen atoms in total. The fourth-order valence-electron chi connectivity index (χ4n) is 1.91. The Morgan fingerprint density at radius 2 is 1.76 bits per heavy atom. The van der Waals surface area contributed by atoms with Gasteiger partial charge in [-0.2, -0.15) is 8.78 Å². The number of ether oxygens (including phenoxy) is 3. The minimum Gasteiger partial charge on any atom is -0.484 e. The predicted octanol–water partition coefficient (Wildman–Crippen LogP) is 3.09. The van der Waals surface area contributed by atoms with E-state index in [0.29, 0.717) is 11.3 Å². The summed E-state index contributed by atoms with van der Waals surface area (Å²) in [5, 5.41) is 2.43.